The van der Waals surface area contributed by atoms with Gasteiger partial charge in [-0.1, -0.05) is 23.2 Å². The lowest BCUT2D eigenvalue weighted by Gasteiger charge is -2.14. The predicted molar refractivity (Wildman–Crippen MR) is 72.8 cm³/mol. The minimum absolute atomic E-state index is 0.0949. The molecule has 2 amide bonds. The van der Waals surface area contributed by atoms with Gasteiger partial charge in [0, 0.05) is 13.5 Å². The van der Waals surface area contributed by atoms with Crippen LogP contribution in [0.15, 0.2) is 6.07 Å². The number of carbonyl (C=O) groups excluding carboxylic acids is 2. The Bertz CT molecular complexity index is 556. The molecule has 0 aromatic carbocycles. The molecule has 4 N–H and O–H groups in total. The first-order valence-corrected chi connectivity index (χ1v) is 6.32. The number of halogens is 2. The van der Waals surface area contributed by atoms with E-state index >= 15 is 0 Å². The normalized spacial score (nSPS) is 11.9. The average molecular weight is 322 g/mol. The summed E-state index contributed by atoms with van der Waals surface area (Å²) in [6, 6.07) is 0.106. The maximum atomic E-state index is 12.0. The monoisotopic (exact) mass is 321 g/mol. The van der Waals surface area contributed by atoms with Gasteiger partial charge in [-0.2, -0.15) is 0 Å². The lowest BCUT2D eigenvalue weighted by atomic mass is 10.1. The number of carboxylic acids is 1. The molecule has 1 heterocycles. The van der Waals surface area contributed by atoms with Crippen molar-refractivity contribution in [2.75, 3.05) is 0 Å². The molecule has 0 saturated carbocycles. The van der Waals surface area contributed by atoms with Crippen LogP contribution in [0.2, 0.25) is 10.2 Å². The Balaban J connectivity index is 2.82. The second-order valence-corrected chi connectivity index (χ2v) is 4.86. The molecule has 0 aliphatic carbocycles. The number of primary amides is 1. The number of rotatable bonds is 6. The van der Waals surface area contributed by atoms with Crippen molar-refractivity contribution < 1.29 is 19.5 Å². The number of nitrogens with two attached hydrogens (primary N) is 1. The van der Waals surface area contributed by atoms with Crippen molar-refractivity contribution in [3.05, 3.63) is 21.9 Å². The van der Waals surface area contributed by atoms with Crippen molar-refractivity contribution in [1.82, 2.24) is 9.88 Å². The topological polar surface area (TPSA) is 114 Å². The van der Waals surface area contributed by atoms with Gasteiger partial charge >= 0.3 is 5.97 Å². The quantitative estimate of drug-likeness (QED) is 0.718. The molecule has 0 saturated heterocycles. The molecule has 0 aliphatic rings. The standard InChI is InChI=1S/C11H13Cl2N3O4/c1-16-7(4-5(12)9(16)13)10(18)15-6(11(19)20)2-3-8(14)17/h4,6H,2-3H2,1H3,(H2,14,17)(H,15,18)(H,19,20). The Labute approximate surface area is 124 Å². The van der Waals surface area contributed by atoms with Crippen LogP contribution in [-0.2, 0) is 16.6 Å². The van der Waals surface area contributed by atoms with Crippen molar-refractivity contribution in [1.29, 1.82) is 0 Å². The van der Waals surface area contributed by atoms with Crippen LogP contribution in [0.5, 0.6) is 0 Å². The molecule has 1 unspecified atom stereocenters. The molecular weight excluding hydrogens is 309 g/mol. The van der Waals surface area contributed by atoms with Crippen LogP contribution < -0.4 is 11.1 Å². The molecule has 9 heteroatoms. The molecule has 0 bridgehead atoms. The molecule has 1 atom stereocenters. The third-order valence-electron chi connectivity index (χ3n) is 2.63. The van der Waals surface area contributed by atoms with Crippen molar-refractivity contribution in [3.63, 3.8) is 0 Å². The summed E-state index contributed by atoms with van der Waals surface area (Å²) in [6.07, 6.45) is -0.242. The number of nitrogens with zero attached hydrogens (tertiary/aromatic N) is 1. The third-order valence-corrected chi connectivity index (χ3v) is 3.47. The van der Waals surface area contributed by atoms with Gasteiger partial charge in [0.15, 0.2) is 0 Å². The second-order valence-electron chi connectivity index (χ2n) is 4.10. The number of hydrogen-bond acceptors (Lipinski definition) is 3. The van der Waals surface area contributed by atoms with E-state index in [0.29, 0.717) is 0 Å². The molecule has 0 radical (unpaired) electrons. The Morgan fingerprint density at radius 1 is 1.45 bits per heavy atom. The smallest absolute Gasteiger partial charge is 0.326 e. The maximum absolute atomic E-state index is 12.0. The summed E-state index contributed by atoms with van der Waals surface area (Å²) in [5.41, 5.74) is 5.06. The van der Waals surface area contributed by atoms with Crippen LogP contribution in [0.25, 0.3) is 0 Å². The summed E-state index contributed by atoms with van der Waals surface area (Å²) in [5, 5.41) is 11.6. The fourth-order valence-electron chi connectivity index (χ4n) is 1.54. The van der Waals surface area contributed by atoms with Gasteiger partial charge in [0.05, 0.1) is 5.02 Å². The Kier molecular flexibility index (Phi) is 5.41. The molecule has 20 heavy (non-hydrogen) atoms. The van der Waals surface area contributed by atoms with Crippen molar-refractivity contribution in [3.8, 4) is 0 Å². The minimum Gasteiger partial charge on any atom is -0.480 e. The Morgan fingerprint density at radius 2 is 2.05 bits per heavy atom. The zero-order valence-corrected chi connectivity index (χ0v) is 12.0. The highest BCUT2D eigenvalue weighted by Gasteiger charge is 2.23. The van der Waals surface area contributed by atoms with Gasteiger partial charge in [-0.3, -0.25) is 9.59 Å². The first kappa shape index (κ1) is 16.3. The highest BCUT2D eigenvalue weighted by Crippen LogP contribution is 2.25. The predicted octanol–water partition coefficient (Wildman–Crippen LogP) is 0.780. The summed E-state index contributed by atoms with van der Waals surface area (Å²) in [5.74, 6) is -2.56. The van der Waals surface area contributed by atoms with Gasteiger partial charge in [-0.15, -0.1) is 0 Å². The van der Waals surface area contributed by atoms with E-state index in [1.165, 1.54) is 17.7 Å². The summed E-state index contributed by atoms with van der Waals surface area (Å²) in [4.78, 5) is 33.6. The molecule has 0 spiro atoms. The largest absolute Gasteiger partial charge is 0.480 e. The number of aromatic nitrogens is 1. The minimum atomic E-state index is -1.26. The third kappa shape index (κ3) is 3.88. The van der Waals surface area contributed by atoms with Crippen molar-refractivity contribution >= 4 is 41.0 Å². The van der Waals surface area contributed by atoms with Gasteiger partial charge in [0.2, 0.25) is 5.91 Å². The van der Waals surface area contributed by atoms with Crippen LogP contribution in [0.1, 0.15) is 23.3 Å². The van der Waals surface area contributed by atoms with Gasteiger partial charge < -0.3 is 20.7 Å². The molecule has 1 aromatic rings. The first-order chi connectivity index (χ1) is 9.23. The molecule has 0 fully saturated rings. The summed E-state index contributed by atoms with van der Waals surface area (Å²) in [7, 11) is 1.52. The van der Waals surface area contributed by atoms with Crippen LogP contribution in [0, 0.1) is 0 Å². The molecule has 1 rings (SSSR count). The number of carboxylic acid groups (broad SMARTS) is 1. The van der Waals surface area contributed by atoms with Gasteiger partial charge in [0.1, 0.15) is 16.9 Å². The van der Waals surface area contributed by atoms with Crippen LogP contribution in [-0.4, -0.2) is 33.5 Å². The number of amides is 2. The second kappa shape index (κ2) is 6.62. The number of carbonyl (C=O) groups is 3. The zero-order valence-electron chi connectivity index (χ0n) is 10.5. The van der Waals surface area contributed by atoms with E-state index in [1.54, 1.807) is 0 Å². The van der Waals surface area contributed by atoms with Crippen LogP contribution >= 0.6 is 23.2 Å². The summed E-state index contributed by atoms with van der Waals surface area (Å²) in [6.45, 7) is 0. The van der Waals surface area contributed by atoms with E-state index in [0.717, 1.165) is 0 Å². The van der Waals surface area contributed by atoms with Gasteiger partial charge in [0.25, 0.3) is 5.91 Å². The van der Waals surface area contributed by atoms with E-state index in [4.69, 9.17) is 34.0 Å². The van der Waals surface area contributed by atoms with Crippen LogP contribution in [0.3, 0.4) is 0 Å². The highest BCUT2D eigenvalue weighted by molar-refractivity contribution is 6.41. The number of aliphatic carboxylic acids is 1. The number of hydrogen-bond donors (Lipinski definition) is 3. The molecular formula is C11H13Cl2N3O4. The van der Waals surface area contributed by atoms with E-state index in [2.05, 4.69) is 5.32 Å². The summed E-state index contributed by atoms with van der Waals surface area (Å²) >= 11 is 11.6. The lowest BCUT2D eigenvalue weighted by molar-refractivity contribution is -0.139. The van der Waals surface area contributed by atoms with Gasteiger partial charge in [-0.05, 0) is 12.5 Å². The van der Waals surface area contributed by atoms with E-state index in [1.807, 2.05) is 0 Å². The molecule has 7 nitrogen and oxygen atoms in total. The van der Waals surface area contributed by atoms with Crippen LogP contribution in [0.4, 0.5) is 0 Å². The van der Waals surface area contributed by atoms with Gasteiger partial charge in [-0.25, -0.2) is 4.79 Å². The average Bonchev–Trinajstić information content (AvgIpc) is 2.61. The van der Waals surface area contributed by atoms with E-state index < -0.39 is 23.8 Å². The Hall–Kier alpha value is -1.73. The lowest BCUT2D eigenvalue weighted by Crippen LogP contribution is -2.42. The van der Waals surface area contributed by atoms with E-state index in [-0.39, 0.29) is 28.7 Å². The zero-order chi connectivity index (χ0) is 15.4. The summed E-state index contributed by atoms with van der Waals surface area (Å²) < 4.78 is 1.33. The Morgan fingerprint density at radius 3 is 2.45 bits per heavy atom. The van der Waals surface area contributed by atoms with Crippen molar-refractivity contribution in [2.24, 2.45) is 12.8 Å². The fourth-order valence-corrected chi connectivity index (χ4v) is 1.91. The highest BCUT2D eigenvalue weighted by atomic mass is 35.5. The van der Waals surface area contributed by atoms with E-state index in [9.17, 15) is 14.4 Å². The fraction of sp³-hybridized carbons (Fsp3) is 0.364. The SMILES string of the molecule is Cn1c(C(=O)NC(CCC(N)=O)C(=O)O)cc(Cl)c1Cl. The molecule has 110 valence electrons. The number of nitrogens with one attached hydrogen (secondary N) is 1. The maximum Gasteiger partial charge on any atom is 0.326 e. The molecule has 0 aliphatic heterocycles. The van der Waals surface area contributed by atoms with Crippen molar-refractivity contribution in [2.45, 2.75) is 18.9 Å². The molecule has 1 aromatic heterocycles. The first-order valence-electron chi connectivity index (χ1n) is 5.56.